The highest BCUT2D eigenvalue weighted by molar-refractivity contribution is 5.83. The zero-order valence-corrected chi connectivity index (χ0v) is 13.9. The van der Waals surface area contributed by atoms with Gasteiger partial charge in [0.25, 0.3) is 0 Å². The van der Waals surface area contributed by atoms with Gasteiger partial charge in [0, 0.05) is 6.04 Å². The molecule has 1 saturated carbocycles. The van der Waals surface area contributed by atoms with E-state index in [-0.39, 0.29) is 18.0 Å². The fourth-order valence-corrected chi connectivity index (χ4v) is 3.57. The Labute approximate surface area is 148 Å². The van der Waals surface area contributed by atoms with Crippen molar-refractivity contribution < 1.29 is 25.2 Å². The standard InChI is InChI=1S/C15H22N6O5/c16-12-9-13(20-15(19-12)18-6-1-2-7(23)3-6)21(5-17-9)14-11(25)10(24)8(4-22)26-14/h5-8,10-11,14,22-25H,1-4H2,(H3,16,18,19,20)/t6-,7+,8+,10+,11+,14+/m0/s1. The average Bonchev–Trinajstić information content (AvgIpc) is 3.28. The Kier molecular flexibility index (Phi) is 4.40. The lowest BCUT2D eigenvalue weighted by molar-refractivity contribution is -0.0511. The lowest BCUT2D eigenvalue weighted by Gasteiger charge is -2.17. The van der Waals surface area contributed by atoms with Crippen molar-refractivity contribution in [1.82, 2.24) is 19.5 Å². The van der Waals surface area contributed by atoms with Crippen molar-refractivity contribution in [3.05, 3.63) is 6.33 Å². The minimum absolute atomic E-state index is 0.0483. The van der Waals surface area contributed by atoms with Gasteiger partial charge in [-0.2, -0.15) is 9.97 Å². The summed E-state index contributed by atoms with van der Waals surface area (Å²) in [6, 6.07) is 0.0483. The molecule has 2 aliphatic rings. The minimum Gasteiger partial charge on any atom is -0.394 e. The number of aliphatic hydroxyl groups excluding tert-OH is 4. The van der Waals surface area contributed by atoms with Gasteiger partial charge >= 0.3 is 0 Å². The summed E-state index contributed by atoms with van der Waals surface area (Å²) in [6.07, 6.45) is -1.13. The van der Waals surface area contributed by atoms with Gasteiger partial charge in [0.15, 0.2) is 17.7 Å². The Morgan fingerprint density at radius 1 is 1.23 bits per heavy atom. The van der Waals surface area contributed by atoms with Crippen molar-refractivity contribution in [3.63, 3.8) is 0 Å². The molecule has 1 aliphatic heterocycles. The van der Waals surface area contributed by atoms with Crippen LogP contribution in [0.3, 0.4) is 0 Å². The molecule has 0 aromatic carbocycles. The highest BCUT2D eigenvalue weighted by atomic mass is 16.6. The van der Waals surface area contributed by atoms with Gasteiger partial charge in [0.2, 0.25) is 5.95 Å². The first-order valence-electron chi connectivity index (χ1n) is 8.55. The van der Waals surface area contributed by atoms with E-state index in [1.54, 1.807) is 0 Å². The number of ether oxygens (including phenoxy) is 1. The SMILES string of the molecule is Nc1nc(N[C@H]2CC[C@@H](O)C2)nc2c1ncn2[C@@H]1O[C@H](CO)[C@@H](O)[C@H]1O. The van der Waals surface area contributed by atoms with Crippen LogP contribution < -0.4 is 11.1 Å². The van der Waals surface area contributed by atoms with Crippen molar-refractivity contribution in [2.45, 2.75) is 55.9 Å². The van der Waals surface area contributed by atoms with Crippen molar-refractivity contribution in [3.8, 4) is 0 Å². The van der Waals surface area contributed by atoms with Gasteiger partial charge in [-0.05, 0) is 19.3 Å². The van der Waals surface area contributed by atoms with Crippen molar-refractivity contribution in [2.75, 3.05) is 17.7 Å². The second-order valence-electron chi connectivity index (χ2n) is 6.79. The van der Waals surface area contributed by atoms with E-state index in [2.05, 4.69) is 20.3 Å². The predicted molar refractivity (Wildman–Crippen MR) is 90.0 cm³/mol. The lowest BCUT2D eigenvalue weighted by atomic mass is 10.1. The smallest absolute Gasteiger partial charge is 0.226 e. The minimum atomic E-state index is -1.25. The Balaban J connectivity index is 1.66. The molecule has 6 atom stereocenters. The summed E-state index contributed by atoms with van der Waals surface area (Å²) in [5, 5.41) is 42.3. The number of nitrogens with one attached hydrogen (secondary N) is 1. The molecule has 1 aliphatic carbocycles. The summed E-state index contributed by atoms with van der Waals surface area (Å²) in [4.78, 5) is 12.8. The summed E-state index contributed by atoms with van der Waals surface area (Å²) >= 11 is 0. The number of aliphatic hydroxyl groups is 4. The first-order valence-corrected chi connectivity index (χ1v) is 8.55. The van der Waals surface area contributed by atoms with E-state index in [0.29, 0.717) is 23.5 Å². The molecule has 0 radical (unpaired) electrons. The molecular formula is C15H22N6O5. The van der Waals surface area contributed by atoms with E-state index in [4.69, 9.17) is 10.5 Å². The first-order chi connectivity index (χ1) is 12.5. The van der Waals surface area contributed by atoms with Crippen molar-refractivity contribution in [1.29, 1.82) is 0 Å². The Morgan fingerprint density at radius 2 is 2.04 bits per heavy atom. The molecule has 142 valence electrons. The molecule has 7 N–H and O–H groups in total. The fraction of sp³-hybridized carbons (Fsp3) is 0.667. The van der Waals surface area contributed by atoms with E-state index in [0.717, 1.165) is 12.8 Å². The van der Waals surface area contributed by atoms with Gasteiger partial charge in [0.1, 0.15) is 23.8 Å². The molecule has 0 unspecified atom stereocenters. The average molecular weight is 366 g/mol. The third-order valence-electron chi connectivity index (χ3n) is 4.98. The molecule has 0 amide bonds. The maximum Gasteiger partial charge on any atom is 0.226 e. The zero-order chi connectivity index (χ0) is 18.4. The second kappa shape index (κ2) is 6.59. The van der Waals surface area contributed by atoms with E-state index >= 15 is 0 Å². The summed E-state index contributed by atoms with van der Waals surface area (Å²) in [5.74, 6) is 0.462. The Morgan fingerprint density at radius 3 is 2.69 bits per heavy atom. The van der Waals surface area contributed by atoms with Crippen LogP contribution >= 0.6 is 0 Å². The van der Waals surface area contributed by atoms with E-state index < -0.39 is 31.1 Å². The topological polar surface area (TPSA) is 172 Å². The monoisotopic (exact) mass is 366 g/mol. The van der Waals surface area contributed by atoms with Gasteiger partial charge in [0.05, 0.1) is 19.0 Å². The van der Waals surface area contributed by atoms with E-state index in [9.17, 15) is 20.4 Å². The third kappa shape index (κ3) is 2.87. The highest BCUT2D eigenvalue weighted by Gasteiger charge is 2.44. The van der Waals surface area contributed by atoms with Crippen LogP contribution in [0, 0.1) is 0 Å². The predicted octanol–water partition coefficient (Wildman–Crippen LogP) is -1.65. The molecule has 2 fully saturated rings. The quantitative estimate of drug-likeness (QED) is 0.368. The lowest BCUT2D eigenvalue weighted by Crippen LogP contribution is -2.33. The van der Waals surface area contributed by atoms with Crippen LogP contribution in [0.5, 0.6) is 0 Å². The fourth-order valence-electron chi connectivity index (χ4n) is 3.57. The number of hydrogen-bond acceptors (Lipinski definition) is 10. The van der Waals surface area contributed by atoms with Crippen LogP contribution in [0.4, 0.5) is 11.8 Å². The number of rotatable bonds is 4. The van der Waals surface area contributed by atoms with Gasteiger partial charge < -0.3 is 36.2 Å². The molecule has 2 aromatic rings. The number of hydrogen-bond donors (Lipinski definition) is 6. The van der Waals surface area contributed by atoms with Gasteiger partial charge in [-0.25, -0.2) is 4.98 Å². The summed E-state index contributed by atoms with van der Waals surface area (Å²) in [6.45, 7) is -0.421. The van der Waals surface area contributed by atoms with Crippen molar-refractivity contribution in [2.24, 2.45) is 0 Å². The molecule has 0 spiro atoms. The third-order valence-corrected chi connectivity index (χ3v) is 4.98. The molecule has 3 heterocycles. The second-order valence-corrected chi connectivity index (χ2v) is 6.79. The van der Waals surface area contributed by atoms with Crippen LogP contribution in [-0.4, -0.2) is 77.0 Å². The number of nitrogens with zero attached hydrogens (tertiary/aromatic N) is 4. The number of nitrogen functional groups attached to an aromatic ring is 1. The highest BCUT2D eigenvalue weighted by Crippen LogP contribution is 2.32. The van der Waals surface area contributed by atoms with Gasteiger partial charge in [-0.15, -0.1) is 0 Å². The summed E-state index contributed by atoms with van der Waals surface area (Å²) in [5.41, 5.74) is 6.67. The summed E-state index contributed by atoms with van der Waals surface area (Å²) < 4.78 is 7.00. The maximum atomic E-state index is 10.2. The van der Waals surface area contributed by atoms with Crippen molar-refractivity contribution >= 4 is 22.9 Å². The molecule has 0 bridgehead atoms. The number of fused-ring (bicyclic) bond motifs is 1. The van der Waals surface area contributed by atoms with Crippen LogP contribution in [0.15, 0.2) is 6.33 Å². The van der Waals surface area contributed by atoms with Crippen LogP contribution in [-0.2, 0) is 4.74 Å². The maximum absolute atomic E-state index is 10.2. The number of anilines is 2. The normalized spacial score (nSPS) is 34.6. The zero-order valence-electron chi connectivity index (χ0n) is 13.9. The van der Waals surface area contributed by atoms with Gasteiger partial charge in [-0.1, -0.05) is 0 Å². The number of nitrogens with two attached hydrogens (primary N) is 1. The molecule has 2 aromatic heterocycles. The van der Waals surface area contributed by atoms with Crippen LogP contribution in [0.2, 0.25) is 0 Å². The Hall–Kier alpha value is -2.05. The molecule has 11 nitrogen and oxygen atoms in total. The molecule has 11 heteroatoms. The molecule has 26 heavy (non-hydrogen) atoms. The van der Waals surface area contributed by atoms with E-state index in [1.807, 2.05) is 0 Å². The largest absolute Gasteiger partial charge is 0.394 e. The van der Waals surface area contributed by atoms with Gasteiger partial charge in [-0.3, -0.25) is 4.57 Å². The van der Waals surface area contributed by atoms with Crippen LogP contribution in [0.1, 0.15) is 25.5 Å². The molecule has 1 saturated heterocycles. The Bertz CT molecular complexity index is 800. The molecular weight excluding hydrogens is 344 g/mol. The number of aromatic nitrogens is 4. The van der Waals surface area contributed by atoms with Crippen LogP contribution in [0.25, 0.3) is 11.2 Å². The summed E-state index contributed by atoms with van der Waals surface area (Å²) in [7, 11) is 0. The first kappa shape index (κ1) is 17.4. The molecule has 4 rings (SSSR count). The van der Waals surface area contributed by atoms with E-state index in [1.165, 1.54) is 10.9 Å². The number of imidazole rings is 1.